The van der Waals surface area contributed by atoms with Crippen LogP contribution < -0.4 is 11.1 Å². The maximum absolute atomic E-state index is 9.88. The molecule has 4 heteroatoms. The predicted molar refractivity (Wildman–Crippen MR) is 38.4 cm³/mol. The van der Waals surface area contributed by atoms with Crippen LogP contribution in [0.2, 0.25) is 0 Å². The first-order valence-electron chi connectivity index (χ1n) is 3.10. The summed E-state index contributed by atoms with van der Waals surface area (Å²) in [5.74, 6) is -0.944. The fourth-order valence-electron chi connectivity index (χ4n) is 0.418. The number of carboxylic acids is 1. The van der Waals surface area contributed by atoms with Crippen LogP contribution in [0, 0.1) is 0 Å². The molecule has 0 saturated heterocycles. The Labute approximate surface area is 59.7 Å². The van der Waals surface area contributed by atoms with Crippen molar-refractivity contribution in [1.82, 2.24) is 5.32 Å². The van der Waals surface area contributed by atoms with Crippen LogP contribution in [0.4, 0.5) is 0 Å². The summed E-state index contributed by atoms with van der Waals surface area (Å²) in [6.07, 6.45) is 3.30. The van der Waals surface area contributed by atoms with Gasteiger partial charge in [0.15, 0.2) is 0 Å². The Hall–Kier alpha value is -1.03. The molecule has 58 valence electrons. The lowest BCUT2D eigenvalue weighted by atomic mass is 10.4. The zero-order chi connectivity index (χ0) is 7.82. The monoisotopic (exact) mass is 144 g/mol. The maximum Gasteiger partial charge on any atom is 0.329 e. The largest absolute Gasteiger partial charge is 0.478 e. The highest BCUT2D eigenvalue weighted by atomic mass is 16.4. The summed E-state index contributed by atoms with van der Waals surface area (Å²) in [6, 6.07) is 0. The number of nitrogens with two attached hydrogens (primary N) is 1. The van der Waals surface area contributed by atoms with Gasteiger partial charge in [0.2, 0.25) is 0 Å². The molecule has 0 amide bonds. The molecular weight excluding hydrogens is 132 g/mol. The van der Waals surface area contributed by atoms with Crippen LogP contribution >= 0.6 is 0 Å². The van der Waals surface area contributed by atoms with Gasteiger partial charge < -0.3 is 16.2 Å². The van der Waals surface area contributed by atoms with Crippen LogP contribution in [0.1, 0.15) is 6.42 Å². The first-order chi connectivity index (χ1) is 4.77. The molecule has 0 bridgehead atoms. The first-order valence-corrected chi connectivity index (χ1v) is 3.10. The maximum atomic E-state index is 9.88. The number of nitrogens with one attached hydrogen (secondary N) is 1. The molecule has 0 aromatic heterocycles. The minimum absolute atomic E-state index is 0.619. The van der Waals surface area contributed by atoms with E-state index in [2.05, 4.69) is 5.32 Å². The van der Waals surface area contributed by atoms with Gasteiger partial charge >= 0.3 is 5.97 Å². The molecule has 0 unspecified atom stereocenters. The average Bonchev–Trinajstić information content (AvgIpc) is 1.87. The van der Waals surface area contributed by atoms with E-state index in [1.807, 2.05) is 0 Å². The first kappa shape index (κ1) is 8.97. The van der Waals surface area contributed by atoms with Crippen molar-refractivity contribution in [1.29, 1.82) is 0 Å². The van der Waals surface area contributed by atoms with Crippen molar-refractivity contribution in [3.05, 3.63) is 12.3 Å². The van der Waals surface area contributed by atoms with E-state index in [4.69, 9.17) is 10.8 Å². The molecule has 0 aromatic rings. The highest BCUT2D eigenvalue weighted by molar-refractivity contribution is 5.79. The molecule has 10 heavy (non-hydrogen) atoms. The van der Waals surface area contributed by atoms with Gasteiger partial charge in [0, 0.05) is 18.8 Å². The van der Waals surface area contributed by atoms with E-state index < -0.39 is 5.97 Å². The van der Waals surface area contributed by atoms with Gasteiger partial charge in [0.25, 0.3) is 0 Å². The van der Waals surface area contributed by atoms with Crippen LogP contribution in [0.5, 0.6) is 0 Å². The Morgan fingerprint density at radius 2 is 2.40 bits per heavy atom. The quantitative estimate of drug-likeness (QED) is 0.360. The van der Waals surface area contributed by atoms with Crippen LogP contribution in [-0.2, 0) is 4.79 Å². The predicted octanol–water partition coefficient (Wildman–Crippen LogP) is -0.477. The molecule has 0 aliphatic heterocycles. The summed E-state index contributed by atoms with van der Waals surface area (Å²) in [7, 11) is 0. The second-order valence-electron chi connectivity index (χ2n) is 1.77. The standard InChI is InChI=1S/C6H12N2O2/c7-3-1-4-8-5-2-6(9)10/h2,5,8H,1,3-4,7H2,(H,9,10)/b5-2+. The van der Waals surface area contributed by atoms with Gasteiger partial charge in [-0.25, -0.2) is 4.79 Å². The molecule has 4 nitrogen and oxygen atoms in total. The Bertz CT molecular complexity index is 123. The normalized spacial score (nSPS) is 10.1. The van der Waals surface area contributed by atoms with E-state index in [-0.39, 0.29) is 0 Å². The van der Waals surface area contributed by atoms with E-state index in [9.17, 15) is 4.79 Å². The van der Waals surface area contributed by atoms with Crippen molar-refractivity contribution >= 4 is 5.97 Å². The number of rotatable bonds is 5. The van der Waals surface area contributed by atoms with Gasteiger partial charge in [0.1, 0.15) is 0 Å². The van der Waals surface area contributed by atoms with Gasteiger partial charge in [-0.2, -0.15) is 0 Å². The number of carbonyl (C=O) groups is 1. The Morgan fingerprint density at radius 1 is 1.70 bits per heavy atom. The number of hydrogen-bond acceptors (Lipinski definition) is 3. The highest BCUT2D eigenvalue weighted by Gasteiger charge is 1.83. The average molecular weight is 144 g/mol. The smallest absolute Gasteiger partial charge is 0.329 e. The minimum Gasteiger partial charge on any atom is -0.478 e. The van der Waals surface area contributed by atoms with E-state index in [1.54, 1.807) is 0 Å². The molecular formula is C6H12N2O2. The summed E-state index contributed by atoms with van der Waals surface area (Å²) in [4.78, 5) is 9.88. The third kappa shape index (κ3) is 6.97. The Kier molecular flexibility index (Phi) is 5.47. The molecule has 0 atom stereocenters. The molecule has 0 radical (unpaired) electrons. The van der Waals surface area contributed by atoms with E-state index in [0.717, 1.165) is 19.0 Å². The lowest BCUT2D eigenvalue weighted by Crippen LogP contribution is -2.12. The number of hydrogen-bond donors (Lipinski definition) is 3. The molecule has 4 N–H and O–H groups in total. The Balaban J connectivity index is 3.10. The molecule has 0 aliphatic rings. The van der Waals surface area contributed by atoms with Crippen LogP contribution in [0.25, 0.3) is 0 Å². The van der Waals surface area contributed by atoms with Crippen LogP contribution in [0.15, 0.2) is 12.3 Å². The minimum atomic E-state index is -0.944. The van der Waals surface area contributed by atoms with Gasteiger partial charge in [-0.1, -0.05) is 0 Å². The SMILES string of the molecule is NCCCN/C=C/C(=O)O. The van der Waals surface area contributed by atoms with Crippen molar-refractivity contribution in [2.45, 2.75) is 6.42 Å². The highest BCUT2D eigenvalue weighted by Crippen LogP contribution is 1.71. The lowest BCUT2D eigenvalue weighted by Gasteiger charge is -1.95. The van der Waals surface area contributed by atoms with Gasteiger partial charge in [-0.3, -0.25) is 0 Å². The summed E-state index contributed by atoms with van der Waals surface area (Å²) >= 11 is 0. The second kappa shape index (κ2) is 6.10. The fourth-order valence-corrected chi connectivity index (χ4v) is 0.418. The summed E-state index contributed by atoms with van der Waals surface area (Å²) in [6.45, 7) is 1.34. The van der Waals surface area contributed by atoms with E-state index >= 15 is 0 Å². The zero-order valence-corrected chi connectivity index (χ0v) is 5.71. The summed E-state index contributed by atoms with van der Waals surface area (Å²) in [5.41, 5.74) is 5.19. The summed E-state index contributed by atoms with van der Waals surface area (Å²) in [5, 5.41) is 10.9. The molecule has 0 spiro atoms. The number of aliphatic carboxylic acids is 1. The van der Waals surface area contributed by atoms with E-state index in [1.165, 1.54) is 6.20 Å². The molecule has 0 saturated carbocycles. The van der Waals surface area contributed by atoms with Crippen molar-refractivity contribution in [3.8, 4) is 0 Å². The molecule has 0 rings (SSSR count). The Morgan fingerprint density at radius 3 is 2.90 bits per heavy atom. The van der Waals surface area contributed by atoms with E-state index in [0.29, 0.717) is 6.54 Å². The van der Waals surface area contributed by atoms with Crippen molar-refractivity contribution in [2.24, 2.45) is 5.73 Å². The topological polar surface area (TPSA) is 75.3 Å². The van der Waals surface area contributed by atoms with Crippen LogP contribution in [-0.4, -0.2) is 24.2 Å². The van der Waals surface area contributed by atoms with Gasteiger partial charge in [-0.05, 0) is 13.0 Å². The zero-order valence-electron chi connectivity index (χ0n) is 5.71. The molecule has 0 heterocycles. The summed E-state index contributed by atoms with van der Waals surface area (Å²) < 4.78 is 0. The van der Waals surface area contributed by atoms with Crippen LogP contribution in [0.3, 0.4) is 0 Å². The lowest BCUT2D eigenvalue weighted by molar-refractivity contribution is -0.131. The third-order valence-corrected chi connectivity index (χ3v) is 0.869. The third-order valence-electron chi connectivity index (χ3n) is 0.869. The van der Waals surface area contributed by atoms with Crippen molar-refractivity contribution in [3.63, 3.8) is 0 Å². The second-order valence-corrected chi connectivity index (χ2v) is 1.77. The molecule has 0 aliphatic carbocycles. The van der Waals surface area contributed by atoms with Gasteiger partial charge in [0.05, 0.1) is 0 Å². The van der Waals surface area contributed by atoms with Gasteiger partial charge in [-0.15, -0.1) is 0 Å². The fraction of sp³-hybridized carbons (Fsp3) is 0.500. The van der Waals surface area contributed by atoms with Crippen molar-refractivity contribution in [2.75, 3.05) is 13.1 Å². The molecule has 0 fully saturated rings. The number of carboxylic acid groups (broad SMARTS) is 1. The van der Waals surface area contributed by atoms with Crippen molar-refractivity contribution < 1.29 is 9.90 Å². The molecule has 0 aromatic carbocycles.